The van der Waals surface area contributed by atoms with E-state index in [4.69, 9.17) is 4.74 Å². The van der Waals surface area contributed by atoms with Crippen molar-refractivity contribution in [1.29, 1.82) is 0 Å². The van der Waals surface area contributed by atoms with Crippen molar-refractivity contribution in [1.82, 2.24) is 10.2 Å². The summed E-state index contributed by atoms with van der Waals surface area (Å²) in [6.45, 7) is 6.85. The molecule has 5 nitrogen and oxygen atoms in total. The molecule has 2 aromatic carbocycles. The molecule has 0 spiro atoms. The lowest BCUT2D eigenvalue weighted by Crippen LogP contribution is -2.41. The lowest BCUT2D eigenvalue weighted by molar-refractivity contribution is -0.134. The molecule has 0 radical (unpaired) electrons. The fourth-order valence-corrected chi connectivity index (χ4v) is 3.28. The van der Waals surface area contributed by atoms with Crippen LogP contribution in [0.15, 0.2) is 54.6 Å². The van der Waals surface area contributed by atoms with Crippen molar-refractivity contribution < 1.29 is 14.3 Å². The van der Waals surface area contributed by atoms with E-state index in [0.717, 1.165) is 29.7 Å². The van der Waals surface area contributed by atoms with E-state index in [1.54, 1.807) is 14.1 Å². The predicted octanol–water partition coefficient (Wildman–Crippen LogP) is 4.55. The lowest BCUT2D eigenvalue weighted by Gasteiger charge is -2.24. The number of carbonyl (C=O) groups is 2. The normalized spacial score (nSPS) is 13.8. The highest BCUT2D eigenvalue weighted by Gasteiger charge is 2.27. The molecule has 0 heterocycles. The number of carbonyl (C=O) groups excluding carboxylic acids is 2. The summed E-state index contributed by atoms with van der Waals surface area (Å²) < 4.78 is 5.86. The van der Waals surface area contributed by atoms with Gasteiger partial charge in [-0.15, -0.1) is 0 Å². The molecule has 2 aromatic rings. The molecule has 0 aliphatic rings. The molecule has 0 saturated carbocycles. The highest BCUT2D eigenvalue weighted by molar-refractivity contribution is 5.91. The van der Waals surface area contributed by atoms with Crippen LogP contribution in [0.3, 0.4) is 0 Å². The Kier molecular flexibility index (Phi) is 8.90. The average Bonchev–Trinajstić information content (AvgIpc) is 2.76. The molecule has 1 N–H and O–H groups in total. The van der Waals surface area contributed by atoms with E-state index in [9.17, 15) is 9.59 Å². The molecule has 3 atom stereocenters. The molecule has 0 aliphatic carbocycles. The number of nitrogens with zero attached hydrogens (tertiary/aromatic N) is 1. The second-order valence-corrected chi connectivity index (χ2v) is 8.08. The number of amides is 2. The Labute approximate surface area is 180 Å². The van der Waals surface area contributed by atoms with E-state index in [1.165, 1.54) is 4.90 Å². The Morgan fingerprint density at radius 1 is 0.967 bits per heavy atom. The summed E-state index contributed by atoms with van der Waals surface area (Å²) in [7, 11) is 3.38. The maximum absolute atomic E-state index is 12.9. The fraction of sp³-hybridized carbons (Fsp3) is 0.440. The van der Waals surface area contributed by atoms with Crippen LogP contribution < -0.4 is 10.1 Å². The molecule has 1 unspecified atom stereocenters. The number of hydrogen-bond acceptors (Lipinski definition) is 3. The van der Waals surface area contributed by atoms with Crippen LogP contribution in [0, 0.1) is 5.92 Å². The van der Waals surface area contributed by atoms with Crippen molar-refractivity contribution >= 4 is 11.8 Å². The second kappa shape index (κ2) is 11.4. The Balaban J connectivity index is 2.13. The van der Waals surface area contributed by atoms with E-state index in [-0.39, 0.29) is 17.7 Å². The van der Waals surface area contributed by atoms with Gasteiger partial charge in [0.2, 0.25) is 11.8 Å². The zero-order chi connectivity index (χ0) is 22.1. The molecule has 0 aromatic heterocycles. The van der Waals surface area contributed by atoms with Crippen LogP contribution in [0.5, 0.6) is 5.75 Å². The first-order valence-corrected chi connectivity index (χ1v) is 10.6. The summed E-state index contributed by atoms with van der Waals surface area (Å²) in [6, 6.07) is 16.2. The van der Waals surface area contributed by atoms with Crippen molar-refractivity contribution in [3.05, 3.63) is 65.7 Å². The van der Waals surface area contributed by atoms with Crippen LogP contribution >= 0.6 is 0 Å². The zero-order valence-electron chi connectivity index (χ0n) is 18.7. The molecule has 0 saturated heterocycles. The van der Waals surface area contributed by atoms with Gasteiger partial charge in [-0.2, -0.15) is 0 Å². The van der Waals surface area contributed by atoms with E-state index in [2.05, 4.69) is 19.2 Å². The molecule has 162 valence electrons. The van der Waals surface area contributed by atoms with Crippen LogP contribution in [0.1, 0.15) is 56.7 Å². The van der Waals surface area contributed by atoms with E-state index < -0.39 is 6.04 Å². The summed E-state index contributed by atoms with van der Waals surface area (Å²) >= 11 is 0. The van der Waals surface area contributed by atoms with Crippen molar-refractivity contribution in [2.24, 2.45) is 5.92 Å². The number of hydrogen-bond donors (Lipinski definition) is 1. The fourth-order valence-electron chi connectivity index (χ4n) is 3.28. The third-order valence-corrected chi connectivity index (χ3v) is 5.20. The first kappa shape index (κ1) is 23.5. The quantitative estimate of drug-likeness (QED) is 0.625. The van der Waals surface area contributed by atoms with Crippen LogP contribution in [-0.4, -0.2) is 37.4 Å². The van der Waals surface area contributed by atoms with Gasteiger partial charge in [-0.25, -0.2) is 0 Å². The van der Waals surface area contributed by atoms with Gasteiger partial charge in [0.15, 0.2) is 0 Å². The molecule has 0 fully saturated rings. The summed E-state index contributed by atoms with van der Waals surface area (Å²) in [5.41, 5.74) is 1.65. The maximum atomic E-state index is 12.9. The first-order valence-electron chi connectivity index (χ1n) is 10.6. The zero-order valence-corrected chi connectivity index (χ0v) is 18.7. The van der Waals surface area contributed by atoms with Gasteiger partial charge in [0.25, 0.3) is 0 Å². The summed E-state index contributed by atoms with van der Waals surface area (Å²) in [6.07, 6.45) is 2.27. The molecule has 2 rings (SSSR count). The van der Waals surface area contributed by atoms with Crippen LogP contribution in [-0.2, 0) is 9.59 Å². The predicted molar refractivity (Wildman–Crippen MR) is 120 cm³/mol. The Hall–Kier alpha value is -2.82. The van der Waals surface area contributed by atoms with Crippen molar-refractivity contribution in [3.63, 3.8) is 0 Å². The lowest BCUT2D eigenvalue weighted by atomic mass is 9.98. The van der Waals surface area contributed by atoms with Crippen molar-refractivity contribution in [3.8, 4) is 5.75 Å². The minimum Gasteiger partial charge on any atom is -0.493 e. The van der Waals surface area contributed by atoms with Crippen LogP contribution in [0.2, 0.25) is 0 Å². The van der Waals surface area contributed by atoms with Gasteiger partial charge >= 0.3 is 0 Å². The number of likely N-dealkylation sites (N-methyl/N-ethyl adjacent to an activating group) is 1. The summed E-state index contributed by atoms with van der Waals surface area (Å²) in [5, 5.41) is 2.93. The van der Waals surface area contributed by atoms with Crippen LogP contribution in [0.4, 0.5) is 0 Å². The largest absolute Gasteiger partial charge is 0.493 e. The monoisotopic (exact) mass is 410 g/mol. The molecular formula is C25H34N2O3. The third kappa shape index (κ3) is 6.61. The minimum absolute atomic E-state index is 0.172. The van der Waals surface area contributed by atoms with Crippen LogP contribution in [0.25, 0.3) is 0 Å². The van der Waals surface area contributed by atoms with Gasteiger partial charge in [-0.3, -0.25) is 9.59 Å². The van der Waals surface area contributed by atoms with Gasteiger partial charge in [0, 0.05) is 14.1 Å². The number of rotatable bonds is 10. The third-order valence-electron chi connectivity index (χ3n) is 5.20. The van der Waals surface area contributed by atoms with Gasteiger partial charge in [0.1, 0.15) is 11.8 Å². The van der Waals surface area contributed by atoms with Gasteiger partial charge in [-0.05, 0) is 42.5 Å². The first-order chi connectivity index (χ1) is 14.3. The van der Waals surface area contributed by atoms with E-state index in [1.807, 2.05) is 61.5 Å². The van der Waals surface area contributed by atoms with Gasteiger partial charge in [-0.1, -0.05) is 62.7 Å². The number of nitrogens with one attached hydrogen (secondary N) is 1. The molecule has 30 heavy (non-hydrogen) atoms. The SMILES string of the molecule is CCCC(C)COc1ccc([C@@H](NC(=O)[C@@H](C)c2ccccc2)C(=O)N(C)C)cc1. The molecule has 0 aliphatic heterocycles. The standard InChI is InChI=1S/C25H34N2O3/c1-6-10-18(2)17-30-22-15-13-21(14-16-22)23(25(29)27(4)5)26-24(28)19(3)20-11-8-7-9-12-20/h7-9,11-16,18-19,23H,6,10,17H2,1-5H3,(H,26,28)/t18?,19-,23+/m0/s1. The molecular weight excluding hydrogens is 376 g/mol. The maximum Gasteiger partial charge on any atom is 0.249 e. The van der Waals surface area contributed by atoms with Crippen molar-refractivity contribution in [2.45, 2.75) is 45.6 Å². The number of benzene rings is 2. The topological polar surface area (TPSA) is 58.6 Å². The Bertz CT molecular complexity index is 803. The summed E-state index contributed by atoms with van der Waals surface area (Å²) in [5.74, 6) is 0.550. The molecule has 5 heteroatoms. The Morgan fingerprint density at radius 2 is 1.60 bits per heavy atom. The number of ether oxygens (including phenoxy) is 1. The summed E-state index contributed by atoms with van der Waals surface area (Å²) in [4.78, 5) is 27.1. The molecule has 2 amide bonds. The van der Waals surface area contributed by atoms with E-state index >= 15 is 0 Å². The Morgan fingerprint density at radius 3 is 2.17 bits per heavy atom. The highest BCUT2D eigenvalue weighted by Crippen LogP contribution is 2.22. The van der Waals surface area contributed by atoms with Gasteiger partial charge < -0.3 is 15.0 Å². The smallest absolute Gasteiger partial charge is 0.249 e. The second-order valence-electron chi connectivity index (χ2n) is 8.08. The average molecular weight is 411 g/mol. The highest BCUT2D eigenvalue weighted by atomic mass is 16.5. The molecule has 0 bridgehead atoms. The minimum atomic E-state index is -0.744. The van der Waals surface area contributed by atoms with Gasteiger partial charge in [0.05, 0.1) is 12.5 Å². The van der Waals surface area contributed by atoms with E-state index in [0.29, 0.717) is 12.5 Å². The van der Waals surface area contributed by atoms with Crippen molar-refractivity contribution in [2.75, 3.05) is 20.7 Å².